The molecule has 0 aliphatic carbocycles. The van der Waals surface area contributed by atoms with Crippen molar-refractivity contribution in [1.82, 2.24) is 19.5 Å². The minimum atomic E-state index is -4.40. The lowest BCUT2D eigenvalue weighted by Crippen LogP contribution is -2.46. The largest absolute Gasteiger partial charge is 0.446 e. The number of hydrogen-bond acceptors (Lipinski definition) is 5. The lowest BCUT2D eigenvalue weighted by molar-refractivity contribution is -0.0328. The van der Waals surface area contributed by atoms with Gasteiger partial charge >= 0.3 is 5.51 Å². The van der Waals surface area contributed by atoms with Gasteiger partial charge in [0.2, 0.25) is 5.95 Å². The molecular weight excluding hydrogens is 461 g/mol. The first-order chi connectivity index (χ1) is 11.2. The van der Waals surface area contributed by atoms with E-state index in [4.69, 9.17) is 0 Å². The standard InChI is InChI=1S/C13H14F4IN5S/c1-22-5-3-8(7(14)6-22)20-12-19-4-2-9-10(24-13(15,16)17)11(18)21-23(9)12/h2,4,7-8H,3,5-6H2,1H3,(H,19,20)/t7-,8+/m0/s1. The van der Waals surface area contributed by atoms with Gasteiger partial charge in [-0.25, -0.2) is 9.37 Å². The van der Waals surface area contributed by atoms with Gasteiger partial charge in [0.15, 0.2) is 0 Å². The normalized spacial score (nSPS) is 22.9. The lowest BCUT2D eigenvalue weighted by atomic mass is 10.0. The molecule has 24 heavy (non-hydrogen) atoms. The highest BCUT2D eigenvalue weighted by atomic mass is 127. The molecule has 2 aromatic rings. The number of thioether (sulfide) groups is 1. The molecule has 11 heteroatoms. The minimum Gasteiger partial charge on any atom is -0.348 e. The molecule has 2 aromatic heterocycles. The van der Waals surface area contributed by atoms with E-state index >= 15 is 0 Å². The Bertz CT molecular complexity index is 737. The zero-order chi connectivity index (χ0) is 17.5. The number of alkyl halides is 4. The van der Waals surface area contributed by atoms with Crippen LogP contribution in [0.15, 0.2) is 17.2 Å². The van der Waals surface area contributed by atoms with Crippen LogP contribution < -0.4 is 5.32 Å². The predicted octanol–water partition coefficient (Wildman–Crippen LogP) is 3.40. The van der Waals surface area contributed by atoms with Crippen molar-refractivity contribution in [3.05, 3.63) is 16.0 Å². The smallest absolute Gasteiger partial charge is 0.348 e. The summed E-state index contributed by atoms with van der Waals surface area (Å²) < 4.78 is 53.9. The van der Waals surface area contributed by atoms with Gasteiger partial charge in [-0.2, -0.15) is 22.8 Å². The number of piperidine rings is 1. The second-order valence-corrected chi connectivity index (χ2v) is 7.65. The summed E-state index contributed by atoms with van der Waals surface area (Å²) >= 11 is 1.55. The Morgan fingerprint density at radius 2 is 2.17 bits per heavy atom. The molecule has 3 rings (SSSR count). The number of nitrogens with one attached hydrogen (secondary N) is 1. The molecular formula is C13H14F4IN5S. The highest BCUT2D eigenvalue weighted by molar-refractivity contribution is 14.1. The molecule has 2 atom stereocenters. The van der Waals surface area contributed by atoms with Gasteiger partial charge in [0, 0.05) is 19.3 Å². The van der Waals surface area contributed by atoms with Crippen molar-refractivity contribution in [2.45, 2.75) is 29.0 Å². The van der Waals surface area contributed by atoms with Gasteiger partial charge in [0.25, 0.3) is 0 Å². The Kier molecular flexibility index (Phi) is 5.12. The molecule has 0 amide bonds. The molecule has 0 bridgehead atoms. The Labute approximate surface area is 153 Å². The van der Waals surface area contributed by atoms with Crippen LogP contribution in [0.4, 0.5) is 23.5 Å². The fraction of sp³-hybridized carbons (Fsp3) is 0.538. The number of halogens is 5. The number of hydrogen-bond donors (Lipinski definition) is 1. The predicted molar refractivity (Wildman–Crippen MR) is 92.0 cm³/mol. The van der Waals surface area contributed by atoms with E-state index in [1.165, 1.54) is 16.8 Å². The fourth-order valence-corrected chi connectivity index (χ4v) is 4.06. The monoisotopic (exact) mass is 475 g/mol. The topological polar surface area (TPSA) is 45.5 Å². The van der Waals surface area contributed by atoms with Crippen molar-refractivity contribution < 1.29 is 17.6 Å². The second-order valence-electron chi connectivity index (χ2n) is 5.55. The molecule has 132 valence electrons. The van der Waals surface area contributed by atoms with E-state index in [9.17, 15) is 17.6 Å². The Morgan fingerprint density at radius 3 is 2.83 bits per heavy atom. The van der Waals surface area contributed by atoms with Gasteiger partial charge in [-0.15, -0.1) is 0 Å². The van der Waals surface area contributed by atoms with E-state index in [1.807, 2.05) is 11.9 Å². The summed E-state index contributed by atoms with van der Waals surface area (Å²) in [6, 6.07) is 1.02. The van der Waals surface area contributed by atoms with Crippen LogP contribution in [0, 0.1) is 3.70 Å². The maximum Gasteiger partial charge on any atom is 0.446 e. The molecule has 0 radical (unpaired) electrons. The third kappa shape index (κ3) is 3.87. The number of aromatic nitrogens is 3. The molecule has 1 N–H and O–H groups in total. The second kappa shape index (κ2) is 6.83. The molecule has 1 fully saturated rings. The van der Waals surface area contributed by atoms with Crippen molar-refractivity contribution in [1.29, 1.82) is 0 Å². The number of fused-ring (bicyclic) bond motifs is 1. The average molecular weight is 475 g/mol. The molecule has 1 saturated heterocycles. The van der Waals surface area contributed by atoms with Crippen molar-refractivity contribution in [3.8, 4) is 0 Å². The third-order valence-electron chi connectivity index (χ3n) is 3.74. The maximum absolute atomic E-state index is 14.2. The fourth-order valence-electron chi connectivity index (χ4n) is 2.62. The van der Waals surface area contributed by atoms with Gasteiger partial charge in [0.05, 0.1) is 16.5 Å². The van der Waals surface area contributed by atoms with Crippen molar-refractivity contribution in [2.24, 2.45) is 0 Å². The first kappa shape index (κ1) is 18.0. The van der Waals surface area contributed by atoms with E-state index in [0.717, 1.165) is 6.54 Å². The van der Waals surface area contributed by atoms with Crippen molar-refractivity contribution >= 4 is 45.8 Å². The number of anilines is 1. The Hall–Kier alpha value is -0.820. The lowest BCUT2D eigenvalue weighted by Gasteiger charge is -2.32. The van der Waals surface area contributed by atoms with Crippen LogP contribution in [0.3, 0.4) is 0 Å². The maximum atomic E-state index is 14.2. The Balaban J connectivity index is 1.91. The number of nitrogens with zero attached hydrogens (tertiary/aromatic N) is 4. The van der Waals surface area contributed by atoms with Crippen LogP contribution in [0.25, 0.3) is 5.52 Å². The molecule has 0 saturated carbocycles. The molecule has 0 unspecified atom stereocenters. The summed E-state index contributed by atoms with van der Waals surface area (Å²) in [4.78, 5) is 6.04. The number of likely N-dealkylation sites (tertiary alicyclic amines) is 1. The van der Waals surface area contributed by atoms with Crippen LogP contribution in [-0.2, 0) is 0 Å². The van der Waals surface area contributed by atoms with Crippen LogP contribution in [0.5, 0.6) is 0 Å². The molecule has 0 spiro atoms. The van der Waals surface area contributed by atoms with Crippen molar-refractivity contribution in [2.75, 3.05) is 25.5 Å². The summed E-state index contributed by atoms with van der Waals surface area (Å²) in [5.41, 5.74) is -4.11. The van der Waals surface area contributed by atoms with Crippen LogP contribution >= 0.6 is 34.4 Å². The average Bonchev–Trinajstić information content (AvgIpc) is 2.78. The third-order valence-corrected chi connectivity index (χ3v) is 5.70. The van der Waals surface area contributed by atoms with E-state index in [2.05, 4.69) is 15.4 Å². The summed E-state index contributed by atoms with van der Waals surface area (Å²) in [6.45, 7) is 1.04. The first-order valence-corrected chi connectivity index (χ1v) is 9.02. The zero-order valence-electron chi connectivity index (χ0n) is 12.5. The van der Waals surface area contributed by atoms with Gasteiger partial charge in [0.1, 0.15) is 9.87 Å². The van der Waals surface area contributed by atoms with Gasteiger partial charge in [-0.3, -0.25) is 0 Å². The molecule has 1 aliphatic heterocycles. The summed E-state index contributed by atoms with van der Waals surface area (Å²) in [5, 5.41) is 7.12. The summed E-state index contributed by atoms with van der Waals surface area (Å²) in [7, 11) is 1.85. The summed E-state index contributed by atoms with van der Waals surface area (Å²) in [5.74, 6) is 0.247. The van der Waals surface area contributed by atoms with Crippen molar-refractivity contribution in [3.63, 3.8) is 0 Å². The highest BCUT2D eigenvalue weighted by Gasteiger charge is 2.33. The van der Waals surface area contributed by atoms with Crippen LogP contribution in [-0.4, -0.2) is 57.4 Å². The minimum absolute atomic E-state index is 0.0220. The van der Waals surface area contributed by atoms with Crippen LogP contribution in [0.2, 0.25) is 0 Å². The first-order valence-electron chi connectivity index (χ1n) is 7.13. The van der Waals surface area contributed by atoms with Gasteiger partial charge < -0.3 is 10.2 Å². The molecule has 1 aliphatic rings. The summed E-state index contributed by atoms with van der Waals surface area (Å²) in [6.07, 6.45) is 0.899. The van der Waals surface area contributed by atoms with Crippen LogP contribution in [0.1, 0.15) is 6.42 Å². The van der Waals surface area contributed by atoms with Gasteiger partial charge in [-0.05, 0) is 53.9 Å². The number of rotatable bonds is 3. The quantitative estimate of drug-likeness (QED) is 0.419. The van der Waals surface area contributed by atoms with Gasteiger partial charge in [-0.1, -0.05) is 0 Å². The van der Waals surface area contributed by atoms with E-state index < -0.39 is 17.7 Å². The van der Waals surface area contributed by atoms with E-state index in [-0.39, 0.29) is 26.3 Å². The Morgan fingerprint density at radius 1 is 1.42 bits per heavy atom. The highest BCUT2D eigenvalue weighted by Crippen LogP contribution is 2.41. The van der Waals surface area contributed by atoms with E-state index in [0.29, 0.717) is 18.5 Å². The SMILES string of the molecule is CN1CC[C@@H](Nc2nccc3c(SC(F)(F)F)c(I)nn23)[C@@H](F)C1. The van der Waals surface area contributed by atoms with E-state index in [1.54, 1.807) is 22.6 Å². The molecule has 5 nitrogen and oxygen atoms in total. The molecule has 3 heterocycles. The molecule has 0 aromatic carbocycles. The zero-order valence-corrected chi connectivity index (χ0v) is 15.5.